The van der Waals surface area contributed by atoms with E-state index in [0.29, 0.717) is 11.3 Å². The van der Waals surface area contributed by atoms with E-state index >= 15 is 0 Å². The first kappa shape index (κ1) is 7.93. The summed E-state index contributed by atoms with van der Waals surface area (Å²) in [6, 6.07) is -0.850. The van der Waals surface area contributed by atoms with E-state index in [1.165, 1.54) is 6.33 Å². The number of carboxylic acids is 1. The molecule has 0 spiro atoms. The number of hydrogen-bond acceptors (Lipinski definition) is 4. The number of rotatable bonds is 1. The zero-order chi connectivity index (χ0) is 9.42. The normalized spacial score (nSPS) is 19.8. The van der Waals surface area contributed by atoms with Crippen LogP contribution in [0.2, 0.25) is 0 Å². The highest BCUT2D eigenvalue weighted by Crippen LogP contribution is 2.19. The van der Waals surface area contributed by atoms with Gasteiger partial charge in [-0.15, -0.1) is 0 Å². The van der Waals surface area contributed by atoms with Gasteiger partial charge in [-0.05, 0) is 0 Å². The predicted octanol–water partition coefficient (Wildman–Crippen LogP) is -1.00. The molecule has 3 N–H and O–H groups in total. The fourth-order valence-electron chi connectivity index (χ4n) is 1.37. The summed E-state index contributed by atoms with van der Waals surface area (Å²) in [6.07, 6.45) is 1.21. The average molecular weight is 181 g/mol. The molecule has 1 aromatic heterocycles. The summed E-state index contributed by atoms with van der Waals surface area (Å²) < 4.78 is 0. The summed E-state index contributed by atoms with van der Waals surface area (Å²) in [6.45, 7) is 0.259. The number of hydrogen-bond donors (Lipinski definition) is 3. The van der Waals surface area contributed by atoms with E-state index in [2.05, 4.69) is 15.3 Å². The second-order valence-corrected chi connectivity index (χ2v) is 2.75. The molecule has 1 aliphatic heterocycles. The van der Waals surface area contributed by atoms with Gasteiger partial charge >= 0.3 is 5.97 Å². The highest BCUT2D eigenvalue weighted by molar-refractivity contribution is 5.76. The SMILES string of the molecule is O=C(O)C1NCc2c1nc[nH]c2=O. The molecule has 6 nitrogen and oxygen atoms in total. The van der Waals surface area contributed by atoms with Crippen LogP contribution < -0.4 is 10.9 Å². The van der Waals surface area contributed by atoms with Gasteiger partial charge in [0, 0.05) is 6.54 Å². The standard InChI is InChI=1S/C7H7N3O3/c11-6-3-1-8-5(7(12)13)4(3)9-2-10-6/h2,5,8H,1H2,(H,12,13)(H,9,10,11). The number of carbonyl (C=O) groups is 1. The predicted molar refractivity (Wildman–Crippen MR) is 42.1 cm³/mol. The van der Waals surface area contributed by atoms with Crippen molar-refractivity contribution in [1.29, 1.82) is 0 Å². The number of nitrogens with one attached hydrogen (secondary N) is 2. The molecule has 0 aromatic carbocycles. The lowest BCUT2D eigenvalue weighted by atomic mass is 10.2. The van der Waals surface area contributed by atoms with E-state index in [-0.39, 0.29) is 12.1 Å². The fraction of sp³-hybridized carbons (Fsp3) is 0.286. The van der Waals surface area contributed by atoms with Crippen LogP contribution in [0.1, 0.15) is 17.3 Å². The van der Waals surface area contributed by atoms with Crippen LogP contribution >= 0.6 is 0 Å². The van der Waals surface area contributed by atoms with Crippen molar-refractivity contribution in [2.45, 2.75) is 12.6 Å². The molecule has 0 fully saturated rings. The lowest BCUT2D eigenvalue weighted by molar-refractivity contribution is -0.139. The number of aromatic nitrogens is 2. The third kappa shape index (κ3) is 1.11. The molecule has 1 unspecified atom stereocenters. The van der Waals surface area contributed by atoms with Gasteiger partial charge < -0.3 is 10.1 Å². The Balaban J connectivity index is 2.55. The minimum Gasteiger partial charge on any atom is -0.480 e. The summed E-state index contributed by atoms with van der Waals surface area (Å²) in [5.74, 6) is -1.02. The molecule has 13 heavy (non-hydrogen) atoms. The highest BCUT2D eigenvalue weighted by Gasteiger charge is 2.30. The summed E-state index contributed by atoms with van der Waals surface area (Å²) in [5, 5.41) is 11.4. The van der Waals surface area contributed by atoms with Gasteiger partial charge in [0.05, 0.1) is 17.6 Å². The molecule has 0 aliphatic carbocycles. The van der Waals surface area contributed by atoms with Crippen LogP contribution in [0, 0.1) is 0 Å². The smallest absolute Gasteiger partial charge is 0.327 e. The van der Waals surface area contributed by atoms with E-state index < -0.39 is 12.0 Å². The average Bonchev–Trinajstić information content (AvgIpc) is 2.48. The van der Waals surface area contributed by atoms with Gasteiger partial charge in [-0.25, -0.2) is 4.98 Å². The number of fused-ring (bicyclic) bond motifs is 1. The molecular formula is C7H7N3O3. The quantitative estimate of drug-likeness (QED) is 0.516. The highest BCUT2D eigenvalue weighted by atomic mass is 16.4. The van der Waals surface area contributed by atoms with Crippen molar-refractivity contribution in [2.24, 2.45) is 0 Å². The van der Waals surface area contributed by atoms with E-state index in [9.17, 15) is 9.59 Å². The maximum Gasteiger partial charge on any atom is 0.327 e. The minimum absolute atomic E-state index is 0.259. The summed E-state index contributed by atoms with van der Waals surface area (Å²) in [7, 11) is 0. The molecule has 1 aromatic rings. The maximum atomic E-state index is 11.2. The van der Waals surface area contributed by atoms with Gasteiger partial charge in [0.1, 0.15) is 6.04 Å². The van der Waals surface area contributed by atoms with Crippen molar-refractivity contribution in [3.8, 4) is 0 Å². The van der Waals surface area contributed by atoms with Crippen LogP contribution in [0.15, 0.2) is 11.1 Å². The minimum atomic E-state index is -1.02. The van der Waals surface area contributed by atoms with Crippen LogP contribution in [0.25, 0.3) is 0 Å². The molecule has 0 radical (unpaired) electrons. The van der Waals surface area contributed by atoms with E-state index in [1.54, 1.807) is 0 Å². The molecule has 0 amide bonds. The van der Waals surface area contributed by atoms with Gasteiger partial charge in [0.2, 0.25) is 0 Å². The molecule has 0 saturated heterocycles. The summed E-state index contributed by atoms with van der Waals surface area (Å²) >= 11 is 0. The van der Waals surface area contributed by atoms with Crippen molar-refractivity contribution in [2.75, 3.05) is 0 Å². The number of carboxylic acid groups (broad SMARTS) is 1. The molecule has 1 aliphatic rings. The van der Waals surface area contributed by atoms with Gasteiger partial charge in [-0.1, -0.05) is 0 Å². The first-order valence-electron chi connectivity index (χ1n) is 3.73. The Morgan fingerprint density at radius 3 is 3.15 bits per heavy atom. The molecule has 2 heterocycles. The zero-order valence-electron chi connectivity index (χ0n) is 6.57. The molecule has 0 bridgehead atoms. The molecule has 68 valence electrons. The van der Waals surface area contributed by atoms with Gasteiger partial charge in [-0.2, -0.15) is 0 Å². The van der Waals surface area contributed by atoms with Gasteiger partial charge in [0.15, 0.2) is 0 Å². The third-order valence-corrected chi connectivity index (χ3v) is 1.99. The molecule has 6 heteroatoms. The number of aromatic amines is 1. The lowest BCUT2D eigenvalue weighted by Crippen LogP contribution is -2.21. The van der Waals surface area contributed by atoms with E-state index in [1.807, 2.05) is 0 Å². The Hall–Kier alpha value is -1.69. The van der Waals surface area contributed by atoms with Crippen molar-refractivity contribution in [3.05, 3.63) is 27.9 Å². The van der Waals surface area contributed by atoms with E-state index in [0.717, 1.165) is 0 Å². The van der Waals surface area contributed by atoms with Crippen molar-refractivity contribution in [1.82, 2.24) is 15.3 Å². The number of aliphatic carboxylic acids is 1. The van der Waals surface area contributed by atoms with Crippen molar-refractivity contribution < 1.29 is 9.90 Å². The Bertz CT molecular complexity index is 412. The Morgan fingerprint density at radius 2 is 2.46 bits per heavy atom. The first-order chi connectivity index (χ1) is 6.20. The third-order valence-electron chi connectivity index (χ3n) is 1.99. The van der Waals surface area contributed by atoms with Crippen molar-refractivity contribution in [3.63, 3.8) is 0 Å². The van der Waals surface area contributed by atoms with Crippen LogP contribution in [-0.4, -0.2) is 21.0 Å². The number of nitrogens with zero attached hydrogens (tertiary/aromatic N) is 1. The first-order valence-corrected chi connectivity index (χ1v) is 3.73. The van der Waals surface area contributed by atoms with Gasteiger partial charge in [-0.3, -0.25) is 14.9 Å². The molecule has 0 saturated carbocycles. The summed E-state index contributed by atoms with van der Waals surface area (Å²) in [5.41, 5.74) is 0.451. The second-order valence-electron chi connectivity index (χ2n) is 2.75. The largest absolute Gasteiger partial charge is 0.480 e. The molecule has 2 rings (SSSR count). The van der Waals surface area contributed by atoms with Crippen LogP contribution in [-0.2, 0) is 11.3 Å². The fourth-order valence-corrected chi connectivity index (χ4v) is 1.37. The second kappa shape index (κ2) is 2.67. The Labute approximate surface area is 72.6 Å². The van der Waals surface area contributed by atoms with Crippen LogP contribution in [0.3, 0.4) is 0 Å². The topological polar surface area (TPSA) is 95.1 Å². The summed E-state index contributed by atoms with van der Waals surface area (Å²) in [4.78, 5) is 28.0. The Morgan fingerprint density at radius 1 is 1.69 bits per heavy atom. The van der Waals surface area contributed by atoms with E-state index in [4.69, 9.17) is 5.11 Å². The van der Waals surface area contributed by atoms with Crippen LogP contribution in [0.4, 0.5) is 0 Å². The Kier molecular flexibility index (Phi) is 1.63. The van der Waals surface area contributed by atoms with Crippen molar-refractivity contribution >= 4 is 5.97 Å². The monoisotopic (exact) mass is 181 g/mol. The molecule has 1 atom stereocenters. The molecular weight excluding hydrogens is 174 g/mol. The van der Waals surface area contributed by atoms with Crippen LogP contribution in [0.5, 0.6) is 0 Å². The van der Waals surface area contributed by atoms with Gasteiger partial charge in [0.25, 0.3) is 5.56 Å². The lowest BCUT2D eigenvalue weighted by Gasteiger charge is -2.02. The number of H-pyrrole nitrogens is 1. The zero-order valence-corrected chi connectivity index (χ0v) is 6.57. The maximum absolute atomic E-state index is 11.2.